The number of methoxy groups -OCH3 is 1. The third-order valence-electron chi connectivity index (χ3n) is 8.46. The maximum absolute atomic E-state index is 13.7. The summed E-state index contributed by atoms with van der Waals surface area (Å²) in [4.78, 5) is 24.7. The molecule has 1 aromatic heterocycles. The molecule has 0 bridgehead atoms. The number of ether oxygens (including phenoxy) is 2. The fourth-order valence-electron chi connectivity index (χ4n) is 6.44. The van der Waals surface area contributed by atoms with Gasteiger partial charge in [-0.2, -0.15) is 13.2 Å². The Balaban J connectivity index is 1.33. The molecule has 1 spiro atoms. The van der Waals surface area contributed by atoms with E-state index in [-0.39, 0.29) is 36.6 Å². The molecule has 194 valence electrons. The Morgan fingerprint density at radius 2 is 2.11 bits per heavy atom. The third-order valence-corrected chi connectivity index (χ3v) is 8.46. The van der Waals surface area contributed by atoms with Crippen molar-refractivity contribution in [3.05, 3.63) is 18.0 Å². The molecule has 0 radical (unpaired) electrons. The van der Waals surface area contributed by atoms with Gasteiger partial charge < -0.3 is 29.7 Å². The van der Waals surface area contributed by atoms with Crippen LogP contribution in [0.25, 0.3) is 0 Å². The molecule has 6 atom stereocenters. The van der Waals surface area contributed by atoms with Crippen LogP contribution >= 0.6 is 0 Å². The van der Waals surface area contributed by atoms with Crippen molar-refractivity contribution in [1.29, 1.82) is 0 Å². The Morgan fingerprint density at radius 1 is 1.31 bits per heavy atom. The summed E-state index contributed by atoms with van der Waals surface area (Å²) in [6.45, 7) is 3.63. The number of carbonyl (C=O) groups excluding carboxylic acids is 1. The summed E-state index contributed by atoms with van der Waals surface area (Å²) < 4.78 is 50.5. The van der Waals surface area contributed by atoms with Gasteiger partial charge >= 0.3 is 6.18 Å². The van der Waals surface area contributed by atoms with E-state index < -0.39 is 28.9 Å². The molecule has 4 fully saturated rings. The van der Waals surface area contributed by atoms with Gasteiger partial charge in [-0.1, -0.05) is 0 Å². The Hall–Kier alpha value is -2.02. The van der Waals surface area contributed by atoms with Crippen molar-refractivity contribution in [1.82, 2.24) is 20.2 Å². The van der Waals surface area contributed by atoms with Crippen LogP contribution in [0.3, 0.4) is 0 Å². The highest BCUT2D eigenvalue weighted by Crippen LogP contribution is 2.55. The fraction of sp³-hybridized carbons (Fsp3) is 0.783. The van der Waals surface area contributed by atoms with E-state index in [9.17, 15) is 23.1 Å². The lowest BCUT2D eigenvalue weighted by Crippen LogP contribution is -2.59. The van der Waals surface area contributed by atoms with Gasteiger partial charge in [0.15, 0.2) is 0 Å². The van der Waals surface area contributed by atoms with Crippen molar-refractivity contribution < 1.29 is 32.5 Å². The van der Waals surface area contributed by atoms with E-state index in [0.717, 1.165) is 25.1 Å². The smallest absolute Gasteiger partial charge is 0.387 e. The van der Waals surface area contributed by atoms with E-state index >= 15 is 0 Å². The molecular weight excluding hydrogens is 467 g/mol. The van der Waals surface area contributed by atoms with E-state index in [1.165, 1.54) is 0 Å². The van der Waals surface area contributed by atoms with Crippen LogP contribution in [-0.4, -0.2) is 95.7 Å². The maximum atomic E-state index is 13.7. The van der Waals surface area contributed by atoms with E-state index in [2.05, 4.69) is 15.3 Å². The summed E-state index contributed by atoms with van der Waals surface area (Å²) in [6, 6.07) is 0.444. The molecule has 9 nitrogen and oxygen atoms in total. The zero-order valence-electron chi connectivity index (χ0n) is 19.9. The lowest BCUT2D eigenvalue weighted by molar-refractivity contribution is -0.141. The second-order valence-corrected chi connectivity index (χ2v) is 10.3. The van der Waals surface area contributed by atoms with Gasteiger partial charge in [-0.15, -0.1) is 0 Å². The highest BCUT2D eigenvalue weighted by molar-refractivity contribution is 5.88. The minimum Gasteiger partial charge on any atom is -0.387 e. The molecule has 0 aromatic carbocycles. The lowest BCUT2D eigenvalue weighted by atomic mass is 9.70. The number of hydrogen-bond donors (Lipinski definition) is 2. The highest BCUT2D eigenvalue weighted by atomic mass is 19.4. The van der Waals surface area contributed by atoms with Crippen LogP contribution in [0.2, 0.25) is 0 Å². The van der Waals surface area contributed by atoms with Crippen molar-refractivity contribution >= 4 is 11.9 Å². The molecule has 4 unspecified atom stereocenters. The van der Waals surface area contributed by atoms with Gasteiger partial charge in [-0.25, -0.2) is 9.97 Å². The van der Waals surface area contributed by atoms with Crippen molar-refractivity contribution in [2.45, 2.75) is 68.6 Å². The monoisotopic (exact) mass is 499 g/mol. The van der Waals surface area contributed by atoms with E-state index in [1.807, 2.05) is 0 Å². The molecule has 5 rings (SSSR count). The normalized spacial score (nSPS) is 37.8. The minimum absolute atomic E-state index is 0.0419. The minimum atomic E-state index is -4.57. The molecule has 3 saturated heterocycles. The summed E-state index contributed by atoms with van der Waals surface area (Å²) in [5.41, 5.74) is -3.30. The topological polar surface area (TPSA) is 100 Å². The van der Waals surface area contributed by atoms with Crippen LogP contribution in [0.1, 0.15) is 38.3 Å². The number of fused-ring (bicyclic) bond motifs is 1. The number of alkyl halides is 3. The summed E-state index contributed by atoms with van der Waals surface area (Å²) >= 11 is 0. The van der Waals surface area contributed by atoms with Crippen molar-refractivity contribution in [2.24, 2.45) is 5.41 Å². The largest absolute Gasteiger partial charge is 0.433 e. The highest BCUT2D eigenvalue weighted by Gasteiger charge is 2.68. The average Bonchev–Trinajstić information content (AvgIpc) is 3.34. The molecule has 2 N–H and O–H groups in total. The quantitative estimate of drug-likeness (QED) is 0.638. The van der Waals surface area contributed by atoms with Gasteiger partial charge in [0.05, 0.1) is 29.8 Å². The number of anilines is 1. The van der Waals surface area contributed by atoms with Gasteiger partial charge in [-0.05, 0) is 38.7 Å². The molecular formula is C23H32F3N5O4. The van der Waals surface area contributed by atoms with Gasteiger partial charge in [0.1, 0.15) is 5.69 Å². The zero-order chi connectivity index (χ0) is 25.0. The molecule has 1 aromatic rings. The molecule has 4 heterocycles. The standard InChI is InChI=1S/C23H32F3N5O4/c1-21(33)18-12-30(20-27-7-4-17(29-20)23(24,25)26)8-9-31(18)19(32)22(21)6-3-14(11-22)28-15-5-10-35-13-16(15)34-2/h4,7,14-16,18,28,33H,3,5-6,8-13H2,1-2H3/t14-,15?,16?,18?,21?,22-/m1/s1. The summed E-state index contributed by atoms with van der Waals surface area (Å²) in [5.74, 6) is -0.114. The van der Waals surface area contributed by atoms with Crippen LogP contribution in [0.15, 0.2) is 12.3 Å². The average molecular weight is 500 g/mol. The summed E-state index contributed by atoms with van der Waals surface area (Å²) in [6.07, 6.45) is -0.939. The predicted octanol–water partition coefficient (Wildman–Crippen LogP) is 1.21. The number of hydrogen-bond acceptors (Lipinski definition) is 8. The Labute approximate surface area is 202 Å². The predicted molar refractivity (Wildman–Crippen MR) is 119 cm³/mol. The van der Waals surface area contributed by atoms with Crippen LogP contribution < -0.4 is 10.2 Å². The first kappa shape index (κ1) is 24.7. The SMILES string of the molecule is COC1COCCC1N[C@@H]1CC[C@@]2(C1)C(=O)N1CCN(c3nccc(C(F)(F)F)n3)CC1C2(C)O. The Morgan fingerprint density at radius 3 is 2.86 bits per heavy atom. The number of nitrogens with zero attached hydrogens (tertiary/aromatic N) is 4. The number of nitrogens with one attached hydrogen (secondary N) is 1. The Kier molecular flexibility index (Phi) is 6.22. The number of halogens is 3. The van der Waals surface area contributed by atoms with Gasteiger partial charge in [0.25, 0.3) is 0 Å². The van der Waals surface area contributed by atoms with Crippen LogP contribution in [0.5, 0.6) is 0 Å². The number of aromatic nitrogens is 2. The van der Waals surface area contributed by atoms with Gasteiger partial charge in [0.2, 0.25) is 11.9 Å². The second-order valence-electron chi connectivity index (χ2n) is 10.3. The molecule has 1 aliphatic carbocycles. The number of aliphatic hydroxyl groups is 1. The lowest BCUT2D eigenvalue weighted by Gasteiger charge is -2.42. The van der Waals surface area contributed by atoms with Crippen molar-refractivity contribution in [3.63, 3.8) is 0 Å². The molecule has 3 aliphatic heterocycles. The molecule has 1 saturated carbocycles. The van der Waals surface area contributed by atoms with E-state index in [4.69, 9.17) is 9.47 Å². The molecule has 35 heavy (non-hydrogen) atoms. The van der Waals surface area contributed by atoms with E-state index in [0.29, 0.717) is 39.1 Å². The number of amides is 1. The van der Waals surface area contributed by atoms with Gasteiger partial charge in [0, 0.05) is 51.6 Å². The van der Waals surface area contributed by atoms with Crippen molar-refractivity contribution in [2.75, 3.05) is 44.9 Å². The van der Waals surface area contributed by atoms with Crippen LogP contribution in [0.4, 0.5) is 19.1 Å². The zero-order valence-corrected chi connectivity index (χ0v) is 19.9. The molecule has 12 heteroatoms. The van der Waals surface area contributed by atoms with Gasteiger partial charge in [-0.3, -0.25) is 4.79 Å². The number of piperazine rings is 1. The van der Waals surface area contributed by atoms with Crippen LogP contribution in [-0.2, 0) is 20.4 Å². The van der Waals surface area contributed by atoms with Crippen LogP contribution in [0, 0.1) is 5.41 Å². The first-order chi connectivity index (χ1) is 16.6. The van der Waals surface area contributed by atoms with E-state index in [1.54, 1.807) is 23.8 Å². The second kappa shape index (κ2) is 8.82. The number of carbonyl (C=O) groups is 1. The first-order valence-corrected chi connectivity index (χ1v) is 12.1. The third kappa shape index (κ3) is 4.08. The first-order valence-electron chi connectivity index (χ1n) is 12.1. The Bertz CT molecular complexity index is 963. The van der Waals surface area contributed by atoms with Crippen molar-refractivity contribution in [3.8, 4) is 0 Å². The fourth-order valence-corrected chi connectivity index (χ4v) is 6.44. The summed E-state index contributed by atoms with van der Waals surface area (Å²) in [5, 5.41) is 15.4. The number of rotatable bonds is 4. The molecule has 4 aliphatic rings. The molecule has 1 amide bonds. The summed E-state index contributed by atoms with van der Waals surface area (Å²) in [7, 11) is 1.66. The maximum Gasteiger partial charge on any atom is 0.433 e.